The molecule has 1 atom stereocenters. The van der Waals surface area contributed by atoms with Gasteiger partial charge in [0.1, 0.15) is 11.6 Å². The Balaban J connectivity index is 2.81. The molecule has 1 nitrogen and oxygen atoms in total. The van der Waals surface area contributed by atoms with Crippen molar-refractivity contribution in [3.8, 4) is 0 Å². The molecule has 1 aromatic rings. The summed E-state index contributed by atoms with van der Waals surface area (Å²) in [4.78, 5) is 0. The average molecular weight is 311 g/mol. The maximum Gasteiger partial charge on any atom is 0.146 e. The molecule has 16 heavy (non-hydrogen) atoms. The van der Waals surface area contributed by atoms with Crippen LogP contribution in [0, 0.1) is 11.6 Å². The molecule has 5 heteroatoms. The second kappa shape index (κ2) is 6.57. The fourth-order valence-corrected chi connectivity index (χ4v) is 2.21. The summed E-state index contributed by atoms with van der Waals surface area (Å²) in [6.45, 7) is 0. The largest absolute Gasteiger partial charge is 0.388 e. The lowest BCUT2D eigenvalue weighted by Crippen LogP contribution is -2.05. The fraction of sp³-hybridized carbons (Fsp3) is 0.455. The molecule has 0 amide bonds. The van der Waals surface area contributed by atoms with E-state index in [-0.39, 0.29) is 10.0 Å². The van der Waals surface area contributed by atoms with Crippen molar-refractivity contribution in [2.45, 2.75) is 18.9 Å². The third-order valence-corrected chi connectivity index (χ3v) is 3.55. The van der Waals surface area contributed by atoms with E-state index in [0.29, 0.717) is 6.42 Å². The highest BCUT2D eigenvalue weighted by Crippen LogP contribution is 2.29. The van der Waals surface area contributed by atoms with Gasteiger partial charge in [0.25, 0.3) is 0 Å². The van der Waals surface area contributed by atoms with E-state index in [0.717, 1.165) is 18.2 Å². The molecule has 1 unspecified atom stereocenters. The highest BCUT2D eigenvalue weighted by molar-refractivity contribution is 9.10. The third-order valence-electron chi connectivity index (χ3n) is 2.24. The zero-order chi connectivity index (χ0) is 12.1. The summed E-state index contributed by atoms with van der Waals surface area (Å²) >= 11 is 4.62. The average Bonchev–Trinajstić information content (AvgIpc) is 2.24. The molecule has 0 heterocycles. The van der Waals surface area contributed by atoms with Crippen LogP contribution in [0.25, 0.3) is 0 Å². The number of rotatable bonds is 5. The molecular formula is C11H13BrF2OS. The van der Waals surface area contributed by atoms with E-state index in [4.69, 9.17) is 0 Å². The molecule has 0 saturated heterocycles. The first-order valence-corrected chi connectivity index (χ1v) is 7.07. The van der Waals surface area contributed by atoms with Gasteiger partial charge in [-0.1, -0.05) is 0 Å². The van der Waals surface area contributed by atoms with E-state index in [1.807, 2.05) is 6.26 Å². The molecule has 0 aromatic heterocycles. The van der Waals surface area contributed by atoms with Crippen molar-refractivity contribution in [2.24, 2.45) is 0 Å². The zero-order valence-electron chi connectivity index (χ0n) is 8.84. The predicted octanol–water partition coefficient (Wildman–Crippen LogP) is 3.90. The summed E-state index contributed by atoms with van der Waals surface area (Å²) in [6.07, 6.45) is 1.97. The van der Waals surface area contributed by atoms with Crippen molar-refractivity contribution in [1.82, 2.24) is 0 Å². The number of benzene rings is 1. The van der Waals surface area contributed by atoms with Crippen molar-refractivity contribution in [1.29, 1.82) is 0 Å². The lowest BCUT2D eigenvalue weighted by Gasteiger charge is -2.13. The first-order chi connectivity index (χ1) is 7.57. The predicted molar refractivity (Wildman–Crippen MR) is 66.6 cm³/mol. The molecule has 0 saturated carbocycles. The summed E-state index contributed by atoms with van der Waals surface area (Å²) in [6, 6.07) is 2.45. The number of hydrogen-bond donors (Lipinski definition) is 1. The first-order valence-electron chi connectivity index (χ1n) is 4.88. The van der Waals surface area contributed by atoms with Gasteiger partial charge in [0.15, 0.2) is 0 Å². The van der Waals surface area contributed by atoms with Crippen LogP contribution in [0.4, 0.5) is 8.78 Å². The summed E-state index contributed by atoms with van der Waals surface area (Å²) in [7, 11) is 0. The number of hydrogen-bond acceptors (Lipinski definition) is 2. The molecule has 0 fully saturated rings. The normalized spacial score (nSPS) is 12.8. The van der Waals surface area contributed by atoms with Gasteiger partial charge in [-0.25, -0.2) is 8.78 Å². The van der Waals surface area contributed by atoms with Crippen molar-refractivity contribution >= 4 is 27.7 Å². The Kier molecular flexibility index (Phi) is 5.72. The standard InChI is InChI=1S/C11H13BrF2OS/c1-16-6-2-3-9(15)10-8(13)5-4-7(12)11(10)14/h4-5,9,15H,2-3,6H2,1H3. The van der Waals surface area contributed by atoms with Crippen LogP contribution in [-0.2, 0) is 0 Å². The lowest BCUT2D eigenvalue weighted by molar-refractivity contribution is 0.157. The third kappa shape index (κ3) is 3.43. The van der Waals surface area contributed by atoms with Crippen LogP contribution in [0.2, 0.25) is 0 Å². The topological polar surface area (TPSA) is 20.2 Å². The second-order valence-electron chi connectivity index (χ2n) is 3.41. The van der Waals surface area contributed by atoms with Gasteiger partial charge < -0.3 is 5.11 Å². The van der Waals surface area contributed by atoms with Gasteiger partial charge in [-0.05, 0) is 52.9 Å². The minimum Gasteiger partial charge on any atom is -0.388 e. The van der Waals surface area contributed by atoms with Gasteiger partial charge in [-0.15, -0.1) is 0 Å². The second-order valence-corrected chi connectivity index (χ2v) is 5.25. The fourth-order valence-electron chi connectivity index (χ4n) is 1.41. The molecule has 0 spiro atoms. The molecule has 0 aliphatic rings. The number of aliphatic hydroxyl groups excluding tert-OH is 1. The van der Waals surface area contributed by atoms with Crippen molar-refractivity contribution in [2.75, 3.05) is 12.0 Å². The Bertz CT molecular complexity index is 360. The van der Waals surface area contributed by atoms with E-state index in [1.54, 1.807) is 11.8 Å². The lowest BCUT2D eigenvalue weighted by atomic mass is 10.0. The van der Waals surface area contributed by atoms with E-state index in [9.17, 15) is 13.9 Å². The minimum atomic E-state index is -1.08. The SMILES string of the molecule is CSCCCC(O)c1c(F)ccc(Br)c1F. The maximum absolute atomic E-state index is 13.6. The molecule has 1 rings (SSSR count). The minimum absolute atomic E-state index is 0.174. The quantitative estimate of drug-likeness (QED) is 0.657. The van der Waals surface area contributed by atoms with E-state index >= 15 is 0 Å². The smallest absolute Gasteiger partial charge is 0.146 e. The van der Waals surface area contributed by atoms with Crippen LogP contribution < -0.4 is 0 Å². The summed E-state index contributed by atoms with van der Waals surface area (Å²) < 4.78 is 27.1. The first kappa shape index (κ1) is 13.9. The maximum atomic E-state index is 13.6. The number of aliphatic hydroxyl groups is 1. The summed E-state index contributed by atoms with van der Waals surface area (Å²) in [5.41, 5.74) is -0.240. The highest BCUT2D eigenvalue weighted by Gasteiger charge is 2.19. The van der Waals surface area contributed by atoms with Gasteiger partial charge in [0, 0.05) is 0 Å². The molecular weight excluding hydrogens is 298 g/mol. The van der Waals surface area contributed by atoms with Gasteiger partial charge in [-0.3, -0.25) is 0 Å². The van der Waals surface area contributed by atoms with Crippen LogP contribution in [0.15, 0.2) is 16.6 Å². The molecule has 0 bridgehead atoms. The van der Waals surface area contributed by atoms with Crippen LogP contribution in [0.1, 0.15) is 24.5 Å². The molecule has 1 N–H and O–H groups in total. The van der Waals surface area contributed by atoms with Crippen LogP contribution in [0.5, 0.6) is 0 Å². The Labute approximate surface area is 106 Å². The zero-order valence-corrected chi connectivity index (χ0v) is 11.2. The molecule has 1 aromatic carbocycles. The van der Waals surface area contributed by atoms with Crippen LogP contribution >= 0.6 is 27.7 Å². The molecule has 0 radical (unpaired) electrons. The highest BCUT2D eigenvalue weighted by atomic mass is 79.9. The number of thioether (sulfide) groups is 1. The van der Waals surface area contributed by atoms with Gasteiger partial charge in [0.05, 0.1) is 16.1 Å². The van der Waals surface area contributed by atoms with Gasteiger partial charge in [-0.2, -0.15) is 11.8 Å². The summed E-state index contributed by atoms with van der Waals surface area (Å²) in [5.74, 6) is -0.539. The van der Waals surface area contributed by atoms with Gasteiger partial charge in [0.2, 0.25) is 0 Å². The van der Waals surface area contributed by atoms with Crippen molar-refractivity contribution in [3.63, 3.8) is 0 Å². The molecule has 0 aliphatic carbocycles. The van der Waals surface area contributed by atoms with E-state index in [2.05, 4.69) is 15.9 Å². The number of halogens is 3. The molecule has 90 valence electrons. The van der Waals surface area contributed by atoms with Crippen LogP contribution in [0.3, 0.4) is 0 Å². The Morgan fingerprint density at radius 3 is 2.75 bits per heavy atom. The van der Waals surface area contributed by atoms with Crippen molar-refractivity contribution < 1.29 is 13.9 Å². The van der Waals surface area contributed by atoms with Gasteiger partial charge >= 0.3 is 0 Å². The Hall–Kier alpha value is -0.130. The van der Waals surface area contributed by atoms with Crippen molar-refractivity contribution in [3.05, 3.63) is 33.8 Å². The Morgan fingerprint density at radius 2 is 2.12 bits per heavy atom. The monoisotopic (exact) mass is 310 g/mol. The van der Waals surface area contributed by atoms with E-state index in [1.165, 1.54) is 6.07 Å². The Morgan fingerprint density at radius 1 is 1.44 bits per heavy atom. The summed E-state index contributed by atoms with van der Waals surface area (Å²) in [5, 5.41) is 9.72. The van der Waals surface area contributed by atoms with E-state index < -0.39 is 17.7 Å². The van der Waals surface area contributed by atoms with Crippen LogP contribution in [-0.4, -0.2) is 17.1 Å². The molecule has 0 aliphatic heterocycles.